The Kier molecular flexibility index (Phi) is 5.01. The van der Waals surface area contributed by atoms with Crippen LogP contribution in [0.25, 0.3) is 0 Å². The van der Waals surface area contributed by atoms with E-state index in [2.05, 4.69) is 5.32 Å². The number of methoxy groups -OCH3 is 2. The average Bonchev–Trinajstić information content (AvgIpc) is 2.90. The highest BCUT2D eigenvalue weighted by atomic mass is 16.6. The second-order valence-electron chi connectivity index (χ2n) is 6.51. The molecule has 140 valence electrons. The second kappa shape index (κ2) is 7.23. The molecule has 0 unspecified atom stereocenters. The fourth-order valence-corrected chi connectivity index (χ4v) is 3.41. The molecular formula is C18H22N2O6. The molecule has 1 aromatic rings. The van der Waals surface area contributed by atoms with Gasteiger partial charge in [-0.25, -0.2) is 9.59 Å². The summed E-state index contributed by atoms with van der Waals surface area (Å²) in [5.74, 6) is -0.309. The third kappa shape index (κ3) is 3.58. The minimum atomic E-state index is -0.531. The fourth-order valence-electron chi connectivity index (χ4n) is 3.41. The zero-order chi connectivity index (χ0) is 18.7. The third-order valence-corrected chi connectivity index (χ3v) is 4.86. The zero-order valence-electron chi connectivity index (χ0n) is 14.9. The average molecular weight is 362 g/mol. The molecule has 0 saturated carbocycles. The van der Waals surface area contributed by atoms with Crippen molar-refractivity contribution in [3.8, 4) is 5.75 Å². The Bertz CT molecular complexity index is 734. The van der Waals surface area contributed by atoms with Gasteiger partial charge >= 0.3 is 12.1 Å². The maximum Gasteiger partial charge on any atom is 0.407 e. The lowest BCUT2D eigenvalue weighted by Crippen LogP contribution is -2.36. The summed E-state index contributed by atoms with van der Waals surface area (Å²) in [6.07, 6.45) is 1.61. The third-order valence-electron chi connectivity index (χ3n) is 4.86. The maximum atomic E-state index is 12.9. The number of nitrogens with zero attached hydrogens (tertiary/aromatic N) is 1. The molecule has 2 fully saturated rings. The summed E-state index contributed by atoms with van der Waals surface area (Å²) in [4.78, 5) is 37.9. The number of likely N-dealkylation sites (tertiary alicyclic amines) is 1. The van der Waals surface area contributed by atoms with Crippen LogP contribution in [-0.4, -0.2) is 62.3 Å². The van der Waals surface area contributed by atoms with Gasteiger partial charge in [-0.1, -0.05) is 0 Å². The molecule has 8 nitrogen and oxygen atoms in total. The maximum absolute atomic E-state index is 12.9. The molecule has 1 spiro atoms. The Morgan fingerprint density at radius 1 is 1.15 bits per heavy atom. The Balaban J connectivity index is 1.78. The monoisotopic (exact) mass is 362 g/mol. The highest BCUT2D eigenvalue weighted by molar-refractivity contribution is 5.98. The van der Waals surface area contributed by atoms with Gasteiger partial charge in [-0.05, 0) is 31.0 Å². The topological polar surface area (TPSA) is 94.2 Å². The smallest absolute Gasteiger partial charge is 0.407 e. The first-order chi connectivity index (χ1) is 12.5. The largest absolute Gasteiger partial charge is 0.497 e. The van der Waals surface area contributed by atoms with Crippen molar-refractivity contribution >= 4 is 18.0 Å². The van der Waals surface area contributed by atoms with Crippen LogP contribution in [0.4, 0.5) is 4.79 Å². The van der Waals surface area contributed by atoms with Crippen molar-refractivity contribution in [2.45, 2.75) is 24.9 Å². The van der Waals surface area contributed by atoms with E-state index in [1.165, 1.54) is 26.4 Å². The molecule has 0 aliphatic carbocycles. The van der Waals surface area contributed by atoms with Crippen LogP contribution in [0.3, 0.4) is 0 Å². The van der Waals surface area contributed by atoms with Gasteiger partial charge in [0.2, 0.25) is 0 Å². The number of hydrogen-bond donors (Lipinski definition) is 1. The predicted octanol–water partition coefficient (Wildman–Crippen LogP) is 1.59. The Labute approximate surface area is 151 Å². The summed E-state index contributed by atoms with van der Waals surface area (Å²) < 4.78 is 15.4. The normalized spacial score (nSPS) is 22.4. The number of carbonyl (C=O) groups excluding carboxylic acids is 3. The van der Waals surface area contributed by atoms with E-state index in [4.69, 9.17) is 14.2 Å². The molecule has 0 radical (unpaired) electrons. The first-order valence-corrected chi connectivity index (χ1v) is 8.50. The van der Waals surface area contributed by atoms with Gasteiger partial charge in [-0.15, -0.1) is 0 Å². The van der Waals surface area contributed by atoms with E-state index >= 15 is 0 Å². The second-order valence-corrected chi connectivity index (χ2v) is 6.51. The number of nitrogens with one attached hydrogen (secondary N) is 1. The van der Waals surface area contributed by atoms with Crippen LogP contribution in [0.15, 0.2) is 18.2 Å². The number of alkyl carbamates (subject to hydrolysis) is 1. The Morgan fingerprint density at radius 2 is 1.92 bits per heavy atom. The molecule has 1 atom stereocenters. The van der Waals surface area contributed by atoms with Gasteiger partial charge in [0.15, 0.2) is 0 Å². The van der Waals surface area contributed by atoms with E-state index in [-0.39, 0.29) is 11.5 Å². The summed E-state index contributed by atoms with van der Waals surface area (Å²) >= 11 is 0. The molecule has 3 rings (SSSR count). The minimum Gasteiger partial charge on any atom is -0.497 e. The van der Waals surface area contributed by atoms with Crippen molar-refractivity contribution < 1.29 is 28.6 Å². The van der Waals surface area contributed by atoms with E-state index in [1.54, 1.807) is 11.0 Å². The molecule has 26 heavy (non-hydrogen) atoms. The molecular weight excluding hydrogens is 340 g/mol. The van der Waals surface area contributed by atoms with Crippen molar-refractivity contribution in [3.63, 3.8) is 0 Å². The lowest BCUT2D eigenvalue weighted by molar-refractivity contribution is 0.0438. The van der Waals surface area contributed by atoms with Gasteiger partial charge in [0, 0.05) is 25.1 Å². The summed E-state index contributed by atoms with van der Waals surface area (Å²) in [6.45, 7) is 1.50. The number of amides is 2. The standard InChI is InChI=1S/C18H22N2O6/c1-24-14-9-12(8-13(10-14)16(22)25-2)15(21)20-6-3-4-18(5-7-20)11-19-17(23)26-18/h8-10H,3-7,11H2,1-2H3,(H,19,23)/t18-/m1/s1. The van der Waals surface area contributed by atoms with E-state index < -0.39 is 17.7 Å². The highest BCUT2D eigenvalue weighted by Crippen LogP contribution is 2.30. The Morgan fingerprint density at radius 3 is 2.58 bits per heavy atom. The van der Waals surface area contributed by atoms with E-state index in [1.807, 2.05) is 0 Å². The summed E-state index contributed by atoms with van der Waals surface area (Å²) in [5.41, 5.74) is 0.0927. The van der Waals surface area contributed by atoms with Crippen LogP contribution in [0.5, 0.6) is 5.75 Å². The highest BCUT2D eigenvalue weighted by Gasteiger charge is 2.41. The molecule has 2 aliphatic heterocycles. The van der Waals surface area contributed by atoms with Gasteiger partial charge in [0.25, 0.3) is 5.91 Å². The van der Waals surface area contributed by atoms with Crippen molar-refractivity contribution in [2.75, 3.05) is 33.9 Å². The van der Waals surface area contributed by atoms with Gasteiger partial charge in [0.05, 0.1) is 26.3 Å². The molecule has 0 aromatic heterocycles. The number of esters is 1. The van der Waals surface area contributed by atoms with E-state index in [0.717, 1.165) is 6.42 Å². The van der Waals surface area contributed by atoms with Crippen LogP contribution >= 0.6 is 0 Å². The number of hydrogen-bond acceptors (Lipinski definition) is 6. The van der Waals surface area contributed by atoms with E-state index in [9.17, 15) is 14.4 Å². The van der Waals surface area contributed by atoms with E-state index in [0.29, 0.717) is 43.8 Å². The van der Waals surface area contributed by atoms with Gasteiger partial charge in [-0.2, -0.15) is 0 Å². The SMILES string of the molecule is COC(=O)c1cc(OC)cc(C(=O)N2CCC[C@@]3(CC2)CNC(=O)O3)c1. The van der Waals surface area contributed by atoms with Gasteiger partial charge in [-0.3, -0.25) is 4.79 Å². The van der Waals surface area contributed by atoms with Crippen LogP contribution in [0.2, 0.25) is 0 Å². The van der Waals surface area contributed by atoms with Crippen LogP contribution in [0.1, 0.15) is 40.0 Å². The first kappa shape index (κ1) is 18.0. The van der Waals surface area contributed by atoms with Crippen molar-refractivity contribution in [1.29, 1.82) is 0 Å². The molecule has 2 saturated heterocycles. The lowest BCUT2D eigenvalue weighted by Gasteiger charge is -2.25. The molecule has 1 N–H and O–H groups in total. The molecule has 1 aromatic carbocycles. The first-order valence-electron chi connectivity index (χ1n) is 8.50. The summed E-state index contributed by atoms with van der Waals surface area (Å²) in [7, 11) is 2.76. The lowest BCUT2D eigenvalue weighted by atomic mass is 9.95. The molecule has 0 bridgehead atoms. The quantitative estimate of drug-likeness (QED) is 0.821. The van der Waals surface area contributed by atoms with Crippen LogP contribution in [0, 0.1) is 0 Å². The fraction of sp³-hybridized carbons (Fsp3) is 0.500. The van der Waals surface area contributed by atoms with Crippen LogP contribution < -0.4 is 10.1 Å². The van der Waals surface area contributed by atoms with Crippen molar-refractivity contribution in [1.82, 2.24) is 10.2 Å². The van der Waals surface area contributed by atoms with Crippen molar-refractivity contribution in [2.24, 2.45) is 0 Å². The molecule has 8 heteroatoms. The zero-order valence-corrected chi connectivity index (χ0v) is 14.9. The molecule has 2 amide bonds. The minimum absolute atomic E-state index is 0.191. The van der Waals surface area contributed by atoms with Crippen molar-refractivity contribution in [3.05, 3.63) is 29.3 Å². The summed E-state index contributed by atoms with van der Waals surface area (Å²) in [5, 5.41) is 2.69. The number of ether oxygens (including phenoxy) is 3. The number of benzene rings is 1. The summed E-state index contributed by atoms with van der Waals surface area (Å²) in [6, 6.07) is 4.64. The van der Waals surface area contributed by atoms with Gasteiger partial charge in [0.1, 0.15) is 11.4 Å². The van der Waals surface area contributed by atoms with Gasteiger partial charge < -0.3 is 24.4 Å². The molecule has 2 aliphatic rings. The number of rotatable bonds is 3. The van der Waals surface area contributed by atoms with Crippen LogP contribution in [-0.2, 0) is 9.47 Å². The molecule has 2 heterocycles. The number of carbonyl (C=O) groups is 3. The predicted molar refractivity (Wildman–Crippen MR) is 91.3 cm³/mol. The Hall–Kier alpha value is -2.77.